The largest absolute Gasteiger partial charge is 0.366 e. The van der Waals surface area contributed by atoms with Crippen LogP contribution in [0.1, 0.15) is 24.0 Å². The molecule has 21 heavy (non-hydrogen) atoms. The van der Waals surface area contributed by atoms with Crippen molar-refractivity contribution in [1.82, 2.24) is 0 Å². The van der Waals surface area contributed by atoms with E-state index in [-0.39, 0.29) is 11.9 Å². The standard InChI is InChI=1S/C18H21FN2/c1-13(14-5-3-2-4-6-14)18(12-20)21-10-9-15-7-8-16(19)11-17(15)21/h2-8,11,13,18H,9-10,12,20H2,1H3. The zero-order valence-corrected chi connectivity index (χ0v) is 12.3. The number of benzene rings is 2. The van der Waals surface area contributed by atoms with Gasteiger partial charge in [-0.2, -0.15) is 0 Å². The molecule has 2 aromatic carbocycles. The summed E-state index contributed by atoms with van der Waals surface area (Å²) in [4.78, 5) is 2.27. The summed E-state index contributed by atoms with van der Waals surface area (Å²) in [7, 11) is 0. The molecule has 0 radical (unpaired) electrons. The Kier molecular flexibility index (Phi) is 3.93. The van der Waals surface area contributed by atoms with Crippen molar-refractivity contribution in [2.24, 2.45) is 5.73 Å². The van der Waals surface area contributed by atoms with Gasteiger partial charge >= 0.3 is 0 Å². The molecular weight excluding hydrogens is 263 g/mol. The molecule has 0 aliphatic carbocycles. The van der Waals surface area contributed by atoms with E-state index in [1.165, 1.54) is 11.1 Å². The summed E-state index contributed by atoms with van der Waals surface area (Å²) >= 11 is 0. The maximum absolute atomic E-state index is 13.6. The van der Waals surface area contributed by atoms with Crippen LogP contribution in [0.3, 0.4) is 0 Å². The molecule has 1 aliphatic heterocycles. The number of rotatable bonds is 4. The fourth-order valence-electron chi connectivity index (χ4n) is 3.30. The summed E-state index contributed by atoms with van der Waals surface area (Å²) in [6.07, 6.45) is 0.966. The van der Waals surface area contributed by atoms with E-state index in [9.17, 15) is 4.39 Å². The first-order chi connectivity index (χ1) is 10.2. The second-order valence-corrected chi connectivity index (χ2v) is 5.72. The number of nitrogens with zero attached hydrogens (tertiary/aromatic N) is 1. The van der Waals surface area contributed by atoms with Gasteiger partial charge in [-0.15, -0.1) is 0 Å². The highest BCUT2D eigenvalue weighted by atomic mass is 19.1. The molecule has 0 bridgehead atoms. The lowest BCUT2D eigenvalue weighted by Crippen LogP contribution is -2.43. The molecule has 2 nitrogen and oxygen atoms in total. The molecule has 2 aromatic rings. The molecule has 2 unspecified atom stereocenters. The van der Waals surface area contributed by atoms with Gasteiger partial charge in [0.15, 0.2) is 0 Å². The Morgan fingerprint density at radius 3 is 2.67 bits per heavy atom. The van der Waals surface area contributed by atoms with Crippen molar-refractivity contribution in [2.45, 2.75) is 25.3 Å². The van der Waals surface area contributed by atoms with Gasteiger partial charge in [0.25, 0.3) is 0 Å². The lowest BCUT2D eigenvalue weighted by atomic mass is 9.92. The van der Waals surface area contributed by atoms with Crippen molar-refractivity contribution >= 4 is 5.69 Å². The van der Waals surface area contributed by atoms with E-state index in [0.717, 1.165) is 18.7 Å². The molecule has 3 heteroatoms. The van der Waals surface area contributed by atoms with E-state index in [2.05, 4.69) is 36.1 Å². The Labute approximate surface area is 125 Å². The zero-order chi connectivity index (χ0) is 14.8. The molecule has 0 fully saturated rings. The molecule has 2 N–H and O–H groups in total. The highest BCUT2D eigenvalue weighted by molar-refractivity contribution is 5.59. The third-order valence-electron chi connectivity index (χ3n) is 4.52. The molecule has 2 atom stereocenters. The molecular formula is C18H21FN2. The molecule has 0 aromatic heterocycles. The topological polar surface area (TPSA) is 29.3 Å². The van der Waals surface area contributed by atoms with Crippen LogP contribution >= 0.6 is 0 Å². The van der Waals surface area contributed by atoms with Gasteiger partial charge in [0, 0.05) is 30.7 Å². The summed E-state index contributed by atoms with van der Waals surface area (Å²) in [5.41, 5.74) is 9.55. The zero-order valence-electron chi connectivity index (χ0n) is 12.3. The van der Waals surface area contributed by atoms with Gasteiger partial charge in [-0.3, -0.25) is 0 Å². The minimum Gasteiger partial charge on any atom is -0.366 e. The van der Waals surface area contributed by atoms with Crippen LogP contribution in [0.2, 0.25) is 0 Å². The average Bonchev–Trinajstić information content (AvgIpc) is 2.92. The molecule has 0 saturated carbocycles. The number of fused-ring (bicyclic) bond motifs is 1. The van der Waals surface area contributed by atoms with E-state index >= 15 is 0 Å². The predicted octanol–water partition coefficient (Wildman–Crippen LogP) is 3.32. The smallest absolute Gasteiger partial charge is 0.125 e. The third-order valence-corrected chi connectivity index (χ3v) is 4.52. The van der Waals surface area contributed by atoms with Gasteiger partial charge in [0.1, 0.15) is 5.82 Å². The Morgan fingerprint density at radius 1 is 1.19 bits per heavy atom. The number of nitrogens with two attached hydrogens (primary N) is 1. The summed E-state index contributed by atoms with van der Waals surface area (Å²) in [6.45, 7) is 3.67. The lowest BCUT2D eigenvalue weighted by Gasteiger charge is -2.34. The van der Waals surface area contributed by atoms with Gasteiger partial charge in [0.2, 0.25) is 0 Å². The number of anilines is 1. The van der Waals surface area contributed by atoms with Gasteiger partial charge in [0.05, 0.1) is 0 Å². The molecule has 3 rings (SSSR count). The van der Waals surface area contributed by atoms with Crippen LogP contribution in [0.25, 0.3) is 0 Å². The predicted molar refractivity (Wildman–Crippen MR) is 85.1 cm³/mol. The molecule has 0 spiro atoms. The van der Waals surface area contributed by atoms with Crippen molar-refractivity contribution in [3.05, 3.63) is 65.5 Å². The van der Waals surface area contributed by atoms with Crippen molar-refractivity contribution in [2.75, 3.05) is 18.0 Å². The van der Waals surface area contributed by atoms with Crippen LogP contribution in [0.5, 0.6) is 0 Å². The minimum absolute atomic E-state index is 0.177. The highest BCUT2D eigenvalue weighted by Crippen LogP contribution is 2.34. The molecule has 1 heterocycles. The van der Waals surface area contributed by atoms with Crippen molar-refractivity contribution in [3.8, 4) is 0 Å². The van der Waals surface area contributed by atoms with Gasteiger partial charge in [-0.25, -0.2) is 4.39 Å². The first kappa shape index (κ1) is 14.1. The van der Waals surface area contributed by atoms with Gasteiger partial charge < -0.3 is 10.6 Å². The van der Waals surface area contributed by atoms with Gasteiger partial charge in [-0.05, 0) is 29.7 Å². The van der Waals surface area contributed by atoms with Crippen molar-refractivity contribution in [1.29, 1.82) is 0 Å². The number of hydrogen-bond donors (Lipinski definition) is 1. The van der Waals surface area contributed by atoms with Crippen LogP contribution in [0.15, 0.2) is 48.5 Å². The van der Waals surface area contributed by atoms with E-state index in [0.29, 0.717) is 12.5 Å². The van der Waals surface area contributed by atoms with Crippen LogP contribution in [-0.4, -0.2) is 19.1 Å². The van der Waals surface area contributed by atoms with Crippen molar-refractivity contribution < 1.29 is 4.39 Å². The fourth-order valence-corrected chi connectivity index (χ4v) is 3.30. The van der Waals surface area contributed by atoms with Crippen LogP contribution in [0, 0.1) is 5.82 Å². The molecule has 0 saturated heterocycles. The van der Waals surface area contributed by atoms with E-state index in [1.807, 2.05) is 12.1 Å². The lowest BCUT2D eigenvalue weighted by molar-refractivity contribution is 0.530. The van der Waals surface area contributed by atoms with Gasteiger partial charge in [-0.1, -0.05) is 43.3 Å². The summed E-state index contributed by atoms with van der Waals surface area (Å²) in [5.74, 6) is 0.134. The van der Waals surface area contributed by atoms with E-state index in [1.54, 1.807) is 12.1 Å². The van der Waals surface area contributed by atoms with E-state index in [4.69, 9.17) is 5.73 Å². The van der Waals surface area contributed by atoms with Crippen LogP contribution in [0.4, 0.5) is 10.1 Å². The second-order valence-electron chi connectivity index (χ2n) is 5.72. The van der Waals surface area contributed by atoms with Crippen molar-refractivity contribution in [3.63, 3.8) is 0 Å². The maximum Gasteiger partial charge on any atom is 0.125 e. The molecule has 1 aliphatic rings. The second kappa shape index (κ2) is 5.86. The first-order valence-corrected chi connectivity index (χ1v) is 7.51. The monoisotopic (exact) mass is 284 g/mol. The summed E-state index contributed by atoms with van der Waals surface area (Å²) in [5, 5.41) is 0. The summed E-state index contributed by atoms with van der Waals surface area (Å²) in [6, 6.07) is 15.7. The molecule has 0 amide bonds. The highest BCUT2D eigenvalue weighted by Gasteiger charge is 2.29. The number of halogens is 1. The van der Waals surface area contributed by atoms with E-state index < -0.39 is 0 Å². The normalized spacial score (nSPS) is 16.6. The van der Waals surface area contributed by atoms with Crippen LogP contribution in [-0.2, 0) is 6.42 Å². The first-order valence-electron chi connectivity index (χ1n) is 7.51. The SMILES string of the molecule is CC(c1ccccc1)C(CN)N1CCc2ccc(F)cc21. The maximum atomic E-state index is 13.6. The quantitative estimate of drug-likeness (QED) is 0.933. The Balaban J connectivity index is 1.90. The fraction of sp³-hybridized carbons (Fsp3) is 0.333. The minimum atomic E-state index is -0.177. The Bertz CT molecular complexity index is 612. The molecule has 110 valence electrons. The Hall–Kier alpha value is -1.87. The van der Waals surface area contributed by atoms with Crippen LogP contribution < -0.4 is 10.6 Å². The number of hydrogen-bond acceptors (Lipinski definition) is 2. The average molecular weight is 284 g/mol. The third kappa shape index (κ3) is 2.66. The Morgan fingerprint density at radius 2 is 1.95 bits per heavy atom. The summed E-state index contributed by atoms with van der Waals surface area (Å²) < 4.78 is 13.6.